The number of amides is 2. The number of benzene rings is 1. The van der Waals surface area contributed by atoms with E-state index in [1.165, 1.54) is 5.56 Å². The lowest BCUT2D eigenvalue weighted by Crippen LogP contribution is -2.25. The molecule has 2 amide bonds. The number of carbonyl (C=O) groups is 2. The van der Waals surface area contributed by atoms with E-state index in [1.54, 1.807) is 6.92 Å². The van der Waals surface area contributed by atoms with Crippen LogP contribution < -0.4 is 10.2 Å². The molecule has 18 heavy (non-hydrogen) atoms. The van der Waals surface area contributed by atoms with E-state index in [0.717, 1.165) is 30.6 Å². The number of nitrogens with zero attached hydrogens (tertiary/aromatic N) is 1. The molecule has 1 unspecified atom stereocenters. The molecular formula is C14H16N2O2. The summed E-state index contributed by atoms with van der Waals surface area (Å²) in [4.78, 5) is 24.5. The van der Waals surface area contributed by atoms with Crippen LogP contribution in [0.1, 0.15) is 36.9 Å². The van der Waals surface area contributed by atoms with Crippen LogP contribution in [0.5, 0.6) is 0 Å². The molecule has 1 aromatic rings. The lowest BCUT2D eigenvalue weighted by atomic mass is 10.0. The van der Waals surface area contributed by atoms with Gasteiger partial charge < -0.3 is 10.2 Å². The molecular weight excluding hydrogens is 228 g/mol. The summed E-state index contributed by atoms with van der Waals surface area (Å²) in [6, 6.07) is 6.31. The number of hydrogen-bond donors (Lipinski definition) is 1. The Balaban J connectivity index is 1.89. The second-order valence-electron chi connectivity index (χ2n) is 4.97. The molecule has 2 aliphatic rings. The largest absolute Gasteiger partial charge is 0.349 e. The summed E-state index contributed by atoms with van der Waals surface area (Å²) in [5.74, 6) is 0.224. The lowest BCUT2D eigenvalue weighted by molar-refractivity contribution is -0.119. The molecule has 0 radical (unpaired) electrons. The SMILES string of the molecule is CC(=O)N1CCc2cc(C3CCC(=O)N3)ccc21. The van der Waals surface area contributed by atoms with E-state index in [1.807, 2.05) is 17.0 Å². The minimum absolute atomic E-state index is 0.0932. The number of rotatable bonds is 1. The maximum absolute atomic E-state index is 11.5. The van der Waals surface area contributed by atoms with Gasteiger partial charge >= 0.3 is 0 Å². The Labute approximate surface area is 106 Å². The molecule has 0 saturated carbocycles. The summed E-state index contributed by atoms with van der Waals surface area (Å²) >= 11 is 0. The summed E-state index contributed by atoms with van der Waals surface area (Å²) in [5.41, 5.74) is 3.39. The molecule has 0 bridgehead atoms. The van der Waals surface area contributed by atoms with E-state index >= 15 is 0 Å². The van der Waals surface area contributed by atoms with Crippen LogP contribution in [0.4, 0.5) is 5.69 Å². The Bertz CT molecular complexity index is 525. The topological polar surface area (TPSA) is 49.4 Å². The summed E-state index contributed by atoms with van der Waals surface area (Å²) in [5, 5.41) is 2.98. The molecule has 94 valence electrons. The van der Waals surface area contributed by atoms with Gasteiger partial charge in [0.1, 0.15) is 0 Å². The second-order valence-corrected chi connectivity index (χ2v) is 4.97. The first-order chi connectivity index (χ1) is 8.65. The highest BCUT2D eigenvalue weighted by molar-refractivity contribution is 5.93. The molecule has 4 heteroatoms. The minimum Gasteiger partial charge on any atom is -0.349 e. The van der Waals surface area contributed by atoms with Gasteiger partial charge in [0.25, 0.3) is 0 Å². The molecule has 0 aliphatic carbocycles. The molecule has 1 fully saturated rings. The first-order valence-electron chi connectivity index (χ1n) is 6.35. The number of carbonyl (C=O) groups excluding carboxylic acids is 2. The van der Waals surface area contributed by atoms with E-state index in [0.29, 0.717) is 6.42 Å². The van der Waals surface area contributed by atoms with Crippen molar-refractivity contribution in [3.8, 4) is 0 Å². The molecule has 3 rings (SSSR count). The van der Waals surface area contributed by atoms with Gasteiger partial charge in [0, 0.05) is 25.6 Å². The van der Waals surface area contributed by atoms with Gasteiger partial charge in [-0.25, -0.2) is 0 Å². The van der Waals surface area contributed by atoms with Crippen LogP contribution in [-0.4, -0.2) is 18.4 Å². The summed E-state index contributed by atoms with van der Waals surface area (Å²) in [6.45, 7) is 2.37. The minimum atomic E-state index is 0.0932. The zero-order valence-electron chi connectivity index (χ0n) is 10.4. The molecule has 4 nitrogen and oxygen atoms in total. The van der Waals surface area contributed by atoms with Crippen LogP contribution in [0.3, 0.4) is 0 Å². The molecule has 1 aromatic carbocycles. The van der Waals surface area contributed by atoms with Crippen LogP contribution in [0.15, 0.2) is 18.2 Å². The van der Waals surface area contributed by atoms with Crippen molar-refractivity contribution in [3.63, 3.8) is 0 Å². The predicted octanol–water partition coefficient (Wildman–Crippen LogP) is 1.55. The standard InChI is InChI=1S/C14H16N2O2/c1-9(17)16-7-6-11-8-10(2-4-13(11)16)12-3-5-14(18)15-12/h2,4,8,12H,3,5-7H2,1H3,(H,15,18). The Kier molecular flexibility index (Phi) is 2.58. The predicted molar refractivity (Wildman–Crippen MR) is 68.3 cm³/mol. The maximum Gasteiger partial charge on any atom is 0.223 e. The van der Waals surface area contributed by atoms with Gasteiger partial charge in [-0.05, 0) is 30.0 Å². The molecule has 2 heterocycles. The maximum atomic E-state index is 11.5. The molecule has 1 saturated heterocycles. The summed E-state index contributed by atoms with van der Waals surface area (Å²) < 4.78 is 0. The number of nitrogens with one attached hydrogen (secondary N) is 1. The monoisotopic (exact) mass is 244 g/mol. The van der Waals surface area contributed by atoms with E-state index in [2.05, 4.69) is 11.4 Å². The highest BCUT2D eigenvalue weighted by Gasteiger charge is 2.26. The van der Waals surface area contributed by atoms with Crippen LogP contribution in [0.25, 0.3) is 0 Å². The molecule has 2 aliphatic heterocycles. The van der Waals surface area contributed by atoms with Crippen molar-refractivity contribution in [2.75, 3.05) is 11.4 Å². The first-order valence-corrected chi connectivity index (χ1v) is 6.35. The van der Waals surface area contributed by atoms with Gasteiger partial charge in [0.15, 0.2) is 0 Å². The van der Waals surface area contributed by atoms with E-state index in [-0.39, 0.29) is 17.9 Å². The molecule has 0 spiro atoms. The number of anilines is 1. The number of fused-ring (bicyclic) bond motifs is 1. The summed E-state index contributed by atoms with van der Waals surface area (Å²) in [6.07, 6.45) is 2.39. The Morgan fingerprint density at radius 3 is 2.89 bits per heavy atom. The third-order valence-corrected chi connectivity index (χ3v) is 3.78. The van der Waals surface area contributed by atoms with Gasteiger partial charge in [-0.15, -0.1) is 0 Å². The van der Waals surface area contributed by atoms with Crippen molar-refractivity contribution in [3.05, 3.63) is 29.3 Å². The van der Waals surface area contributed by atoms with E-state index in [9.17, 15) is 9.59 Å². The zero-order chi connectivity index (χ0) is 12.7. The average molecular weight is 244 g/mol. The van der Waals surface area contributed by atoms with Crippen molar-refractivity contribution in [2.24, 2.45) is 0 Å². The Morgan fingerprint density at radius 2 is 2.22 bits per heavy atom. The van der Waals surface area contributed by atoms with Crippen molar-refractivity contribution < 1.29 is 9.59 Å². The normalized spacial score (nSPS) is 21.9. The second kappa shape index (κ2) is 4.12. The van der Waals surface area contributed by atoms with Gasteiger partial charge in [-0.1, -0.05) is 12.1 Å². The van der Waals surface area contributed by atoms with Crippen LogP contribution in [-0.2, 0) is 16.0 Å². The smallest absolute Gasteiger partial charge is 0.223 e. The lowest BCUT2D eigenvalue weighted by Gasteiger charge is -2.16. The van der Waals surface area contributed by atoms with Gasteiger partial charge in [-0.2, -0.15) is 0 Å². The fourth-order valence-corrected chi connectivity index (χ4v) is 2.83. The van der Waals surface area contributed by atoms with Crippen LogP contribution in [0, 0.1) is 0 Å². The highest BCUT2D eigenvalue weighted by atomic mass is 16.2. The molecule has 1 atom stereocenters. The number of hydrogen-bond acceptors (Lipinski definition) is 2. The summed E-state index contributed by atoms with van der Waals surface area (Å²) in [7, 11) is 0. The van der Waals surface area contributed by atoms with Crippen LogP contribution in [0.2, 0.25) is 0 Å². The Hall–Kier alpha value is -1.84. The zero-order valence-corrected chi connectivity index (χ0v) is 10.4. The van der Waals surface area contributed by atoms with Crippen molar-refractivity contribution in [2.45, 2.75) is 32.2 Å². The van der Waals surface area contributed by atoms with Crippen LogP contribution >= 0.6 is 0 Å². The van der Waals surface area contributed by atoms with E-state index in [4.69, 9.17) is 0 Å². The quantitative estimate of drug-likeness (QED) is 0.814. The van der Waals surface area contributed by atoms with Crippen molar-refractivity contribution in [1.29, 1.82) is 0 Å². The van der Waals surface area contributed by atoms with Crippen molar-refractivity contribution >= 4 is 17.5 Å². The van der Waals surface area contributed by atoms with Crippen molar-refractivity contribution in [1.82, 2.24) is 5.32 Å². The van der Waals surface area contributed by atoms with Gasteiger partial charge in [0.2, 0.25) is 11.8 Å². The highest BCUT2D eigenvalue weighted by Crippen LogP contribution is 2.32. The molecule has 0 aromatic heterocycles. The Morgan fingerprint density at radius 1 is 1.39 bits per heavy atom. The fourth-order valence-electron chi connectivity index (χ4n) is 2.83. The third-order valence-electron chi connectivity index (χ3n) is 3.78. The van der Waals surface area contributed by atoms with Gasteiger partial charge in [0.05, 0.1) is 6.04 Å². The third kappa shape index (κ3) is 1.78. The molecule has 1 N–H and O–H groups in total. The first kappa shape index (κ1) is 11.3. The fraction of sp³-hybridized carbons (Fsp3) is 0.429. The van der Waals surface area contributed by atoms with E-state index < -0.39 is 0 Å². The van der Waals surface area contributed by atoms with Gasteiger partial charge in [-0.3, -0.25) is 9.59 Å². The average Bonchev–Trinajstić information content (AvgIpc) is 2.93.